The second-order valence-corrected chi connectivity index (χ2v) is 5.03. The number of ether oxygens (including phenoxy) is 1. The summed E-state index contributed by atoms with van der Waals surface area (Å²) < 4.78 is 5.48. The lowest BCUT2D eigenvalue weighted by Gasteiger charge is -2.16. The highest BCUT2D eigenvalue weighted by molar-refractivity contribution is 4.55. The summed E-state index contributed by atoms with van der Waals surface area (Å²) in [4.78, 5) is 2.41. The summed E-state index contributed by atoms with van der Waals surface area (Å²) in [5.41, 5.74) is 0. The monoisotopic (exact) mass is 244 g/mol. The van der Waals surface area contributed by atoms with Crippen LogP contribution >= 0.6 is 0 Å². The van der Waals surface area contributed by atoms with E-state index in [0.29, 0.717) is 6.10 Å². The van der Waals surface area contributed by atoms with Gasteiger partial charge in [0.25, 0.3) is 0 Å². The molecular formula is C14H32N2O. The first-order valence-electron chi connectivity index (χ1n) is 7.17. The average molecular weight is 244 g/mol. The van der Waals surface area contributed by atoms with E-state index in [1.54, 1.807) is 0 Å². The summed E-state index contributed by atoms with van der Waals surface area (Å²) in [6.45, 7) is 11.8. The van der Waals surface area contributed by atoms with Crippen molar-refractivity contribution in [3.8, 4) is 0 Å². The van der Waals surface area contributed by atoms with Crippen molar-refractivity contribution in [1.82, 2.24) is 10.2 Å². The molecule has 0 amide bonds. The maximum atomic E-state index is 5.48. The number of hydrogen-bond donors (Lipinski definition) is 1. The van der Waals surface area contributed by atoms with Gasteiger partial charge >= 0.3 is 0 Å². The van der Waals surface area contributed by atoms with Gasteiger partial charge in [-0.2, -0.15) is 0 Å². The summed E-state index contributed by atoms with van der Waals surface area (Å²) in [5, 5.41) is 3.46. The van der Waals surface area contributed by atoms with E-state index in [1.807, 2.05) is 0 Å². The molecule has 0 unspecified atom stereocenters. The molecule has 0 atom stereocenters. The number of likely N-dealkylation sites (N-methyl/N-ethyl adjacent to an activating group) is 1. The fourth-order valence-electron chi connectivity index (χ4n) is 1.65. The molecule has 3 heteroatoms. The van der Waals surface area contributed by atoms with Crippen LogP contribution in [0, 0.1) is 0 Å². The van der Waals surface area contributed by atoms with Crippen molar-refractivity contribution in [2.24, 2.45) is 0 Å². The van der Waals surface area contributed by atoms with Gasteiger partial charge in [0, 0.05) is 19.7 Å². The molecule has 0 bridgehead atoms. The molecule has 0 fully saturated rings. The van der Waals surface area contributed by atoms with E-state index in [1.165, 1.54) is 25.8 Å². The van der Waals surface area contributed by atoms with Gasteiger partial charge in [0.15, 0.2) is 0 Å². The predicted molar refractivity (Wildman–Crippen MR) is 75.6 cm³/mol. The van der Waals surface area contributed by atoms with Crippen molar-refractivity contribution in [2.45, 2.75) is 52.6 Å². The maximum Gasteiger partial charge on any atom is 0.0518 e. The summed E-state index contributed by atoms with van der Waals surface area (Å²) in [5.74, 6) is 0. The standard InChI is InChI=1S/C14H32N2O/c1-5-6-7-11-16(4)12-10-15-9-8-13-17-14(2)3/h14-15H,5-13H2,1-4H3. The van der Waals surface area contributed by atoms with Gasteiger partial charge in [-0.15, -0.1) is 0 Å². The quantitative estimate of drug-likeness (QED) is 0.534. The van der Waals surface area contributed by atoms with Crippen molar-refractivity contribution >= 4 is 0 Å². The Balaban J connectivity index is 3.11. The molecule has 0 rings (SSSR count). The van der Waals surface area contributed by atoms with E-state index in [-0.39, 0.29) is 0 Å². The average Bonchev–Trinajstić information content (AvgIpc) is 2.28. The summed E-state index contributed by atoms with van der Waals surface area (Å²) in [6, 6.07) is 0. The zero-order valence-corrected chi connectivity index (χ0v) is 12.3. The molecule has 1 N–H and O–H groups in total. The number of unbranched alkanes of at least 4 members (excludes halogenated alkanes) is 2. The van der Waals surface area contributed by atoms with Crippen LogP contribution in [0.1, 0.15) is 46.5 Å². The van der Waals surface area contributed by atoms with Crippen molar-refractivity contribution in [1.29, 1.82) is 0 Å². The number of nitrogens with one attached hydrogen (secondary N) is 1. The first-order chi connectivity index (χ1) is 8.16. The van der Waals surface area contributed by atoms with Gasteiger partial charge in [0.1, 0.15) is 0 Å². The molecule has 0 heterocycles. The van der Waals surface area contributed by atoms with Gasteiger partial charge in [-0.1, -0.05) is 19.8 Å². The molecular weight excluding hydrogens is 212 g/mol. The summed E-state index contributed by atoms with van der Waals surface area (Å²) in [7, 11) is 2.21. The summed E-state index contributed by atoms with van der Waals surface area (Å²) >= 11 is 0. The molecule has 0 aromatic heterocycles. The Hall–Kier alpha value is -0.120. The Labute approximate surface area is 108 Å². The molecule has 0 saturated carbocycles. The lowest BCUT2D eigenvalue weighted by molar-refractivity contribution is 0.0770. The minimum absolute atomic E-state index is 0.361. The molecule has 104 valence electrons. The maximum absolute atomic E-state index is 5.48. The highest BCUT2D eigenvalue weighted by Gasteiger charge is 1.97. The number of nitrogens with zero attached hydrogens (tertiary/aromatic N) is 1. The van der Waals surface area contributed by atoms with Crippen LogP contribution in [-0.2, 0) is 4.74 Å². The lowest BCUT2D eigenvalue weighted by Crippen LogP contribution is -2.30. The topological polar surface area (TPSA) is 24.5 Å². The van der Waals surface area contributed by atoms with E-state index in [2.05, 4.69) is 38.0 Å². The van der Waals surface area contributed by atoms with Crippen LogP contribution < -0.4 is 5.32 Å². The molecule has 3 nitrogen and oxygen atoms in total. The van der Waals surface area contributed by atoms with Gasteiger partial charge < -0.3 is 15.0 Å². The van der Waals surface area contributed by atoms with Crippen LogP contribution in [0.4, 0.5) is 0 Å². The molecule has 0 aliphatic carbocycles. The molecule has 0 aliphatic rings. The highest BCUT2D eigenvalue weighted by Crippen LogP contribution is 1.95. The van der Waals surface area contributed by atoms with E-state index in [0.717, 1.165) is 32.7 Å². The van der Waals surface area contributed by atoms with Gasteiger partial charge in [-0.05, 0) is 46.8 Å². The Bertz CT molecular complexity index is 151. The minimum atomic E-state index is 0.361. The largest absolute Gasteiger partial charge is 0.379 e. The molecule has 0 spiro atoms. The van der Waals surface area contributed by atoms with Gasteiger partial charge in [0.05, 0.1) is 6.10 Å². The Morgan fingerprint density at radius 2 is 1.82 bits per heavy atom. The number of hydrogen-bond acceptors (Lipinski definition) is 3. The molecule has 0 saturated heterocycles. The van der Waals surface area contributed by atoms with E-state index >= 15 is 0 Å². The Morgan fingerprint density at radius 1 is 1.06 bits per heavy atom. The van der Waals surface area contributed by atoms with Crippen molar-refractivity contribution in [2.75, 3.05) is 39.8 Å². The molecule has 0 aliphatic heterocycles. The van der Waals surface area contributed by atoms with Gasteiger partial charge in [0.2, 0.25) is 0 Å². The van der Waals surface area contributed by atoms with Crippen molar-refractivity contribution in [3.05, 3.63) is 0 Å². The van der Waals surface area contributed by atoms with Crippen LogP contribution in [0.25, 0.3) is 0 Å². The third-order valence-electron chi connectivity index (χ3n) is 2.76. The second-order valence-electron chi connectivity index (χ2n) is 5.03. The third kappa shape index (κ3) is 13.8. The fraction of sp³-hybridized carbons (Fsp3) is 1.00. The first-order valence-corrected chi connectivity index (χ1v) is 7.17. The van der Waals surface area contributed by atoms with E-state index < -0.39 is 0 Å². The molecule has 0 aromatic carbocycles. The Kier molecular flexibility index (Phi) is 12.3. The third-order valence-corrected chi connectivity index (χ3v) is 2.76. The van der Waals surface area contributed by atoms with E-state index in [9.17, 15) is 0 Å². The van der Waals surface area contributed by atoms with Crippen LogP contribution in [0.3, 0.4) is 0 Å². The molecule has 17 heavy (non-hydrogen) atoms. The van der Waals surface area contributed by atoms with E-state index in [4.69, 9.17) is 4.74 Å². The summed E-state index contributed by atoms with van der Waals surface area (Å²) in [6.07, 6.45) is 5.46. The minimum Gasteiger partial charge on any atom is -0.379 e. The lowest BCUT2D eigenvalue weighted by atomic mass is 10.2. The van der Waals surface area contributed by atoms with Crippen LogP contribution in [0.5, 0.6) is 0 Å². The zero-order chi connectivity index (χ0) is 12.9. The zero-order valence-electron chi connectivity index (χ0n) is 12.3. The first kappa shape index (κ1) is 16.9. The van der Waals surface area contributed by atoms with Gasteiger partial charge in [-0.3, -0.25) is 0 Å². The second kappa shape index (κ2) is 12.3. The van der Waals surface area contributed by atoms with Crippen molar-refractivity contribution < 1.29 is 4.74 Å². The SMILES string of the molecule is CCCCCN(C)CCNCCCOC(C)C. The molecule has 0 aromatic rings. The van der Waals surface area contributed by atoms with Crippen LogP contribution in [0.15, 0.2) is 0 Å². The molecule has 0 radical (unpaired) electrons. The predicted octanol–water partition coefficient (Wildman–Crippen LogP) is 2.51. The van der Waals surface area contributed by atoms with Crippen LogP contribution in [-0.4, -0.2) is 50.8 Å². The van der Waals surface area contributed by atoms with Crippen LogP contribution in [0.2, 0.25) is 0 Å². The number of rotatable bonds is 12. The van der Waals surface area contributed by atoms with Gasteiger partial charge in [-0.25, -0.2) is 0 Å². The Morgan fingerprint density at radius 3 is 2.47 bits per heavy atom. The van der Waals surface area contributed by atoms with Crippen molar-refractivity contribution in [3.63, 3.8) is 0 Å². The normalized spacial score (nSPS) is 11.6. The fourth-order valence-corrected chi connectivity index (χ4v) is 1.65. The smallest absolute Gasteiger partial charge is 0.0518 e. The highest BCUT2D eigenvalue weighted by atomic mass is 16.5.